The predicted molar refractivity (Wildman–Crippen MR) is 73.6 cm³/mol. The minimum absolute atomic E-state index is 0.0214. The molecule has 0 bridgehead atoms. The molecule has 90 valence electrons. The molecule has 1 N–H and O–H groups in total. The van der Waals surface area contributed by atoms with Gasteiger partial charge in [0.25, 0.3) is 0 Å². The van der Waals surface area contributed by atoms with Crippen molar-refractivity contribution < 1.29 is 14.7 Å². The molecule has 0 saturated carbocycles. The zero-order valence-corrected chi connectivity index (χ0v) is 12.0. The van der Waals surface area contributed by atoms with E-state index in [1.807, 2.05) is 0 Å². The van der Waals surface area contributed by atoms with E-state index >= 15 is 0 Å². The van der Waals surface area contributed by atoms with Gasteiger partial charge in [0.05, 0.1) is 0 Å². The molecule has 0 aliphatic heterocycles. The van der Waals surface area contributed by atoms with Gasteiger partial charge in [-0.2, -0.15) is 0 Å². The van der Waals surface area contributed by atoms with Crippen LogP contribution < -0.4 is 0 Å². The maximum Gasteiger partial charge on any atom is 0.328 e. The Hall–Kier alpha value is -0.940. The van der Waals surface area contributed by atoms with E-state index in [0.717, 1.165) is 10.5 Å². The van der Waals surface area contributed by atoms with Crippen LogP contribution in [0, 0.1) is 0 Å². The van der Waals surface area contributed by atoms with Crippen LogP contribution in [-0.2, 0) is 4.79 Å². The number of aliphatic carboxylic acids is 1. The first kappa shape index (κ1) is 14.1. The summed E-state index contributed by atoms with van der Waals surface area (Å²) in [4.78, 5) is 22.1. The Morgan fingerprint density at radius 1 is 1.29 bits per heavy atom. The lowest BCUT2D eigenvalue weighted by molar-refractivity contribution is -0.131. The first-order valence-electron chi connectivity index (χ1n) is 4.83. The van der Waals surface area contributed by atoms with E-state index in [4.69, 9.17) is 5.11 Å². The number of rotatable bonds is 5. The van der Waals surface area contributed by atoms with Gasteiger partial charge in [-0.15, -0.1) is 0 Å². The first-order valence-corrected chi connectivity index (χ1v) is 6.75. The lowest BCUT2D eigenvalue weighted by Gasteiger charge is -2.02. The second-order valence-corrected chi connectivity index (χ2v) is 5.02. The van der Waals surface area contributed by atoms with Gasteiger partial charge in [-0.25, -0.2) is 4.79 Å². The van der Waals surface area contributed by atoms with Crippen LogP contribution in [0.5, 0.6) is 0 Å². The molecular weight excluding hydrogens is 352 g/mol. The topological polar surface area (TPSA) is 54.4 Å². The van der Waals surface area contributed by atoms with Gasteiger partial charge in [-0.1, -0.05) is 31.9 Å². The maximum atomic E-state index is 11.7. The van der Waals surface area contributed by atoms with Crippen LogP contribution in [0.1, 0.15) is 22.3 Å². The van der Waals surface area contributed by atoms with Gasteiger partial charge in [0, 0.05) is 27.9 Å². The van der Waals surface area contributed by atoms with E-state index in [2.05, 4.69) is 31.9 Å². The largest absolute Gasteiger partial charge is 0.478 e. The second-order valence-electron chi connectivity index (χ2n) is 3.31. The summed E-state index contributed by atoms with van der Waals surface area (Å²) in [5, 5.41) is 9.14. The Labute approximate surface area is 116 Å². The highest BCUT2D eigenvalue weighted by atomic mass is 79.9. The van der Waals surface area contributed by atoms with Gasteiger partial charge >= 0.3 is 5.97 Å². The number of hydrogen-bond acceptors (Lipinski definition) is 2. The van der Waals surface area contributed by atoms with E-state index < -0.39 is 5.97 Å². The normalized spacial score (nSPS) is 10.7. The van der Waals surface area contributed by atoms with Gasteiger partial charge in [-0.05, 0) is 29.8 Å². The molecule has 0 atom stereocenters. The van der Waals surface area contributed by atoms with Gasteiger partial charge in [0.15, 0.2) is 5.78 Å². The highest BCUT2D eigenvalue weighted by molar-refractivity contribution is 9.10. The highest BCUT2D eigenvalue weighted by Gasteiger charge is 2.06. The maximum absolute atomic E-state index is 11.7. The van der Waals surface area contributed by atoms with Crippen molar-refractivity contribution in [2.75, 3.05) is 5.33 Å². The molecular formula is C12H10Br2O3. The summed E-state index contributed by atoms with van der Waals surface area (Å²) in [5.74, 6) is -0.994. The summed E-state index contributed by atoms with van der Waals surface area (Å²) in [5.41, 5.74) is 1.25. The van der Waals surface area contributed by atoms with Gasteiger partial charge in [0.1, 0.15) is 0 Å². The van der Waals surface area contributed by atoms with Crippen molar-refractivity contribution in [2.24, 2.45) is 0 Å². The van der Waals surface area contributed by atoms with E-state index in [-0.39, 0.29) is 5.78 Å². The zero-order chi connectivity index (χ0) is 12.8. The van der Waals surface area contributed by atoms with Crippen molar-refractivity contribution in [3.63, 3.8) is 0 Å². The molecule has 1 rings (SSSR count). The molecule has 0 amide bonds. The third-order valence-corrected chi connectivity index (χ3v) is 2.84. The van der Waals surface area contributed by atoms with Crippen LogP contribution in [-0.4, -0.2) is 22.2 Å². The van der Waals surface area contributed by atoms with Crippen molar-refractivity contribution >= 4 is 49.7 Å². The van der Waals surface area contributed by atoms with Crippen molar-refractivity contribution in [1.82, 2.24) is 0 Å². The average molecular weight is 362 g/mol. The Kier molecular flexibility index (Phi) is 5.58. The van der Waals surface area contributed by atoms with Crippen LogP contribution >= 0.6 is 31.9 Å². The summed E-state index contributed by atoms with van der Waals surface area (Å²) in [6.07, 6.45) is 2.91. The summed E-state index contributed by atoms with van der Waals surface area (Å²) in [6.45, 7) is 0. The molecule has 1 aromatic carbocycles. The average Bonchev–Trinajstić information content (AvgIpc) is 2.26. The number of halogens is 2. The Morgan fingerprint density at radius 2 is 2.00 bits per heavy atom. The highest BCUT2D eigenvalue weighted by Crippen LogP contribution is 2.18. The number of Topliss-reactive ketones (excluding diaryl/α,β-unsaturated/α-hetero) is 1. The molecule has 0 unspecified atom stereocenters. The third-order valence-electron chi connectivity index (χ3n) is 1.98. The van der Waals surface area contributed by atoms with Crippen molar-refractivity contribution in [3.8, 4) is 0 Å². The van der Waals surface area contributed by atoms with Crippen LogP contribution in [0.2, 0.25) is 0 Å². The minimum atomic E-state index is -1.02. The Morgan fingerprint density at radius 3 is 2.59 bits per heavy atom. The van der Waals surface area contributed by atoms with E-state index in [1.54, 1.807) is 18.2 Å². The second kappa shape index (κ2) is 6.71. The molecule has 17 heavy (non-hydrogen) atoms. The SMILES string of the molecule is O=C(O)/C=C/c1cc(Br)cc(C(=O)CCBr)c1. The van der Waals surface area contributed by atoms with E-state index in [9.17, 15) is 9.59 Å². The molecule has 0 spiro atoms. The predicted octanol–water partition coefficient (Wildman–Crippen LogP) is 3.51. The monoisotopic (exact) mass is 360 g/mol. The Balaban J connectivity index is 3.02. The smallest absolute Gasteiger partial charge is 0.328 e. The number of carboxylic acids is 1. The number of alkyl halides is 1. The van der Waals surface area contributed by atoms with Crippen LogP contribution in [0.4, 0.5) is 0 Å². The lowest BCUT2D eigenvalue weighted by Crippen LogP contribution is -2.00. The molecule has 5 heteroatoms. The Bertz CT molecular complexity index is 467. The molecule has 3 nitrogen and oxygen atoms in total. The quantitative estimate of drug-likeness (QED) is 0.496. The molecule has 0 aliphatic carbocycles. The standard InChI is InChI=1S/C12H10Br2O3/c13-4-3-11(15)9-5-8(1-2-12(16)17)6-10(14)7-9/h1-2,5-7H,3-4H2,(H,16,17)/b2-1+. The fraction of sp³-hybridized carbons (Fsp3) is 0.167. The number of carbonyl (C=O) groups excluding carboxylic acids is 1. The zero-order valence-electron chi connectivity index (χ0n) is 8.82. The fourth-order valence-electron chi connectivity index (χ4n) is 1.27. The summed E-state index contributed by atoms with van der Waals surface area (Å²) < 4.78 is 0.753. The van der Waals surface area contributed by atoms with Crippen LogP contribution in [0.15, 0.2) is 28.7 Å². The van der Waals surface area contributed by atoms with E-state index in [0.29, 0.717) is 22.9 Å². The molecule has 0 aliphatic rings. The van der Waals surface area contributed by atoms with E-state index in [1.165, 1.54) is 6.08 Å². The third kappa shape index (κ3) is 4.83. The van der Waals surface area contributed by atoms with Crippen molar-refractivity contribution in [1.29, 1.82) is 0 Å². The summed E-state index contributed by atoms with van der Waals surface area (Å²) >= 11 is 6.50. The molecule has 0 fully saturated rings. The van der Waals surface area contributed by atoms with Crippen LogP contribution in [0.25, 0.3) is 6.08 Å². The number of ketones is 1. The number of carbonyl (C=O) groups is 2. The molecule has 0 radical (unpaired) electrons. The van der Waals surface area contributed by atoms with Crippen molar-refractivity contribution in [3.05, 3.63) is 39.9 Å². The number of carboxylic acid groups (broad SMARTS) is 1. The number of hydrogen-bond donors (Lipinski definition) is 1. The number of benzene rings is 1. The lowest BCUT2D eigenvalue weighted by atomic mass is 10.1. The molecule has 1 aromatic rings. The van der Waals surface area contributed by atoms with Gasteiger partial charge in [-0.3, -0.25) is 4.79 Å². The van der Waals surface area contributed by atoms with Gasteiger partial charge in [0.2, 0.25) is 0 Å². The summed E-state index contributed by atoms with van der Waals surface area (Å²) in [7, 11) is 0. The molecule has 0 heterocycles. The van der Waals surface area contributed by atoms with Gasteiger partial charge < -0.3 is 5.11 Å². The fourth-order valence-corrected chi connectivity index (χ4v) is 2.14. The molecule has 0 aromatic heterocycles. The first-order chi connectivity index (χ1) is 8.02. The van der Waals surface area contributed by atoms with Crippen LogP contribution in [0.3, 0.4) is 0 Å². The summed E-state index contributed by atoms with van der Waals surface area (Å²) in [6, 6.07) is 5.16. The van der Waals surface area contributed by atoms with Crippen molar-refractivity contribution in [2.45, 2.75) is 6.42 Å². The minimum Gasteiger partial charge on any atom is -0.478 e. The molecule has 0 saturated heterocycles.